The molecule has 3 aromatic rings. The Labute approximate surface area is 151 Å². The van der Waals surface area contributed by atoms with Crippen LogP contribution in [-0.4, -0.2) is 16.6 Å². The number of thiophene rings is 1. The lowest BCUT2D eigenvalue weighted by Crippen LogP contribution is -2.27. The molecule has 1 aliphatic rings. The monoisotopic (exact) mass is 346 g/mol. The molecule has 0 N–H and O–H groups in total. The zero-order chi connectivity index (χ0) is 17.2. The first-order chi connectivity index (χ1) is 12.2. The highest BCUT2D eigenvalue weighted by Crippen LogP contribution is 2.34. The van der Waals surface area contributed by atoms with Crippen molar-refractivity contribution in [3.05, 3.63) is 93.7 Å². The van der Waals surface area contributed by atoms with Crippen molar-refractivity contribution in [3.63, 3.8) is 0 Å². The van der Waals surface area contributed by atoms with E-state index in [9.17, 15) is 4.79 Å². The second-order valence-corrected chi connectivity index (χ2v) is 7.12. The van der Waals surface area contributed by atoms with Gasteiger partial charge >= 0.3 is 0 Å². The summed E-state index contributed by atoms with van der Waals surface area (Å²) in [6, 6.07) is 21.8. The minimum Gasteiger partial charge on any atom is -0.267 e. The number of carbonyl (C=O) groups excluding carboxylic acids is 1. The fraction of sp³-hybridized carbons (Fsp3) is 0.143. The Morgan fingerprint density at radius 2 is 1.80 bits per heavy atom. The molecule has 0 saturated heterocycles. The molecule has 0 saturated carbocycles. The highest BCUT2D eigenvalue weighted by molar-refractivity contribution is 7.12. The average molecular weight is 346 g/mol. The van der Waals surface area contributed by atoms with Crippen molar-refractivity contribution in [2.24, 2.45) is 5.10 Å². The largest absolute Gasteiger partial charge is 0.274 e. The van der Waals surface area contributed by atoms with Gasteiger partial charge in [-0.25, -0.2) is 5.01 Å². The molecule has 1 amide bonds. The standard InChI is InChI=1S/C21H18N2OS/c1-15-9-11-17(12-10-15)21(24)23-19(16-6-3-2-4-7-16)14-18(22-23)20-8-5-13-25-20/h2-13,19H,14H2,1H3/t19-/m0/s1. The van der Waals surface area contributed by atoms with Gasteiger partial charge in [0.15, 0.2) is 0 Å². The van der Waals surface area contributed by atoms with Gasteiger partial charge < -0.3 is 0 Å². The van der Waals surface area contributed by atoms with Gasteiger partial charge in [-0.1, -0.05) is 54.1 Å². The molecular weight excluding hydrogens is 328 g/mol. The average Bonchev–Trinajstić information content (AvgIpc) is 3.32. The molecule has 0 spiro atoms. The quantitative estimate of drug-likeness (QED) is 0.653. The number of amides is 1. The highest BCUT2D eigenvalue weighted by atomic mass is 32.1. The minimum atomic E-state index is -0.0629. The third-order valence-electron chi connectivity index (χ3n) is 4.41. The predicted molar refractivity (Wildman–Crippen MR) is 102 cm³/mol. The summed E-state index contributed by atoms with van der Waals surface area (Å²) in [7, 11) is 0. The van der Waals surface area contributed by atoms with Gasteiger partial charge in [0.2, 0.25) is 0 Å². The Bertz CT molecular complexity index is 899. The number of hydrogen-bond acceptors (Lipinski definition) is 3. The Morgan fingerprint density at radius 3 is 2.48 bits per heavy atom. The second-order valence-electron chi connectivity index (χ2n) is 6.17. The molecule has 3 nitrogen and oxygen atoms in total. The van der Waals surface area contributed by atoms with E-state index in [-0.39, 0.29) is 11.9 Å². The molecule has 124 valence electrons. The highest BCUT2D eigenvalue weighted by Gasteiger charge is 2.33. The lowest BCUT2D eigenvalue weighted by molar-refractivity contribution is 0.0711. The van der Waals surface area contributed by atoms with Crippen LogP contribution in [0, 0.1) is 6.92 Å². The molecule has 1 aromatic heterocycles. The van der Waals surface area contributed by atoms with Crippen LogP contribution < -0.4 is 0 Å². The van der Waals surface area contributed by atoms with E-state index in [4.69, 9.17) is 5.10 Å². The second kappa shape index (κ2) is 6.65. The van der Waals surface area contributed by atoms with Gasteiger partial charge in [0.1, 0.15) is 0 Å². The van der Waals surface area contributed by atoms with E-state index < -0.39 is 0 Å². The number of hydrogen-bond donors (Lipinski definition) is 0. The van der Waals surface area contributed by atoms with Gasteiger partial charge in [0, 0.05) is 12.0 Å². The number of nitrogens with zero attached hydrogens (tertiary/aromatic N) is 2. The van der Waals surface area contributed by atoms with Crippen molar-refractivity contribution in [2.75, 3.05) is 0 Å². The first-order valence-electron chi connectivity index (χ1n) is 8.29. The summed E-state index contributed by atoms with van der Waals surface area (Å²) in [5.41, 5.74) is 3.89. The summed E-state index contributed by atoms with van der Waals surface area (Å²) >= 11 is 1.66. The molecule has 0 aliphatic carbocycles. The van der Waals surface area contributed by atoms with Gasteiger partial charge in [-0.15, -0.1) is 11.3 Å². The summed E-state index contributed by atoms with van der Waals surface area (Å²) in [6.45, 7) is 2.02. The van der Waals surface area contributed by atoms with Crippen LogP contribution in [-0.2, 0) is 0 Å². The molecule has 2 heterocycles. The Balaban J connectivity index is 1.71. The first-order valence-corrected chi connectivity index (χ1v) is 9.17. The van der Waals surface area contributed by atoms with E-state index in [1.165, 1.54) is 0 Å². The molecule has 2 aromatic carbocycles. The van der Waals surface area contributed by atoms with Crippen LogP contribution >= 0.6 is 11.3 Å². The van der Waals surface area contributed by atoms with Crippen molar-refractivity contribution in [1.82, 2.24) is 5.01 Å². The molecule has 0 fully saturated rings. The van der Waals surface area contributed by atoms with E-state index in [1.54, 1.807) is 16.3 Å². The van der Waals surface area contributed by atoms with E-state index in [2.05, 4.69) is 18.2 Å². The summed E-state index contributed by atoms with van der Waals surface area (Å²) in [5, 5.41) is 8.39. The molecule has 0 bridgehead atoms. The van der Waals surface area contributed by atoms with Gasteiger partial charge in [-0.2, -0.15) is 5.10 Å². The van der Waals surface area contributed by atoms with Crippen LogP contribution in [0.3, 0.4) is 0 Å². The van der Waals surface area contributed by atoms with E-state index in [0.717, 1.165) is 28.1 Å². The van der Waals surface area contributed by atoms with Crippen molar-refractivity contribution in [3.8, 4) is 0 Å². The maximum Gasteiger partial charge on any atom is 0.274 e. The molecule has 1 aliphatic heterocycles. The zero-order valence-corrected chi connectivity index (χ0v) is 14.7. The van der Waals surface area contributed by atoms with Gasteiger partial charge in [-0.3, -0.25) is 4.79 Å². The minimum absolute atomic E-state index is 0.0552. The van der Waals surface area contributed by atoms with Crippen LogP contribution in [0.4, 0.5) is 0 Å². The predicted octanol–water partition coefficient (Wildman–Crippen LogP) is 5.05. The number of aryl methyl sites for hydroxylation is 1. The van der Waals surface area contributed by atoms with E-state index >= 15 is 0 Å². The van der Waals surface area contributed by atoms with Gasteiger partial charge in [0.25, 0.3) is 5.91 Å². The lowest BCUT2D eigenvalue weighted by atomic mass is 10.0. The first kappa shape index (κ1) is 15.8. The Morgan fingerprint density at radius 1 is 1.04 bits per heavy atom. The topological polar surface area (TPSA) is 32.7 Å². The third-order valence-corrected chi connectivity index (χ3v) is 5.33. The molecule has 0 radical (unpaired) electrons. The summed E-state index contributed by atoms with van der Waals surface area (Å²) in [6.07, 6.45) is 0.738. The summed E-state index contributed by atoms with van der Waals surface area (Å²) in [4.78, 5) is 14.2. The molecule has 4 rings (SSSR count). The summed E-state index contributed by atoms with van der Waals surface area (Å²) in [5.74, 6) is -0.0552. The van der Waals surface area contributed by atoms with E-state index in [1.807, 2.05) is 60.8 Å². The van der Waals surface area contributed by atoms with Crippen LogP contribution in [0.1, 0.15) is 38.8 Å². The molecule has 25 heavy (non-hydrogen) atoms. The normalized spacial score (nSPS) is 16.8. The fourth-order valence-electron chi connectivity index (χ4n) is 3.05. The molecule has 4 heteroatoms. The summed E-state index contributed by atoms with van der Waals surface area (Å²) < 4.78 is 0. The van der Waals surface area contributed by atoms with Crippen molar-refractivity contribution < 1.29 is 4.79 Å². The number of benzene rings is 2. The van der Waals surface area contributed by atoms with Gasteiger partial charge in [0.05, 0.1) is 16.6 Å². The van der Waals surface area contributed by atoms with Crippen molar-refractivity contribution in [1.29, 1.82) is 0 Å². The number of rotatable bonds is 3. The number of hydrazone groups is 1. The van der Waals surface area contributed by atoms with Crippen LogP contribution in [0.5, 0.6) is 0 Å². The number of carbonyl (C=O) groups is 1. The Kier molecular flexibility index (Phi) is 4.20. The lowest BCUT2D eigenvalue weighted by Gasteiger charge is -2.22. The van der Waals surface area contributed by atoms with Crippen LogP contribution in [0.25, 0.3) is 0 Å². The van der Waals surface area contributed by atoms with Crippen molar-refractivity contribution in [2.45, 2.75) is 19.4 Å². The molecular formula is C21H18N2OS. The Hall–Kier alpha value is -2.72. The third kappa shape index (κ3) is 3.13. The SMILES string of the molecule is Cc1ccc(C(=O)N2N=C(c3cccs3)C[C@H]2c2ccccc2)cc1. The maximum absolute atomic E-state index is 13.1. The zero-order valence-electron chi connectivity index (χ0n) is 13.9. The van der Waals surface area contributed by atoms with Crippen LogP contribution in [0.15, 0.2) is 77.2 Å². The molecule has 0 unspecified atom stereocenters. The van der Waals surface area contributed by atoms with Gasteiger partial charge in [-0.05, 0) is 36.1 Å². The maximum atomic E-state index is 13.1. The smallest absolute Gasteiger partial charge is 0.267 e. The van der Waals surface area contributed by atoms with Crippen LogP contribution in [0.2, 0.25) is 0 Å². The fourth-order valence-corrected chi connectivity index (χ4v) is 3.77. The van der Waals surface area contributed by atoms with E-state index in [0.29, 0.717) is 5.56 Å². The molecule has 1 atom stereocenters. The van der Waals surface area contributed by atoms with Crippen molar-refractivity contribution >= 4 is 23.0 Å².